The van der Waals surface area contributed by atoms with Crippen LogP contribution in [-0.4, -0.2) is 65.6 Å². The van der Waals surface area contributed by atoms with E-state index in [0.717, 1.165) is 73.7 Å². The maximum Gasteiger partial charge on any atom is 0.253 e. The number of nitrogens with zero attached hydrogens (tertiary/aromatic N) is 4. The van der Waals surface area contributed by atoms with Crippen LogP contribution in [0.3, 0.4) is 0 Å². The minimum Gasteiger partial charge on any atom is -0.506 e. The summed E-state index contributed by atoms with van der Waals surface area (Å²) in [5.41, 5.74) is 6.93. The Hall–Kier alpha value is -3.38. The van der Waals surface area contributed by atoms with Gasteiger partial charge in [-0.15, -0.1) is 0 Å². The van der Waals surface area contributed by atoms with Crippen LogP contribution < -0.4 is 4.90 Å². The van der Waals surface area contributed by atoms with Gasteiger partial charge in [0.2, 0.25) is 0 Å². The molecule has 6 heteroatoms. The van der Waals surface area contributed by atoms with Crippen molar-refractivity contribution in [2.45, 2.75) is 52.0 Å². The summed E-state index contributed by atoms with van der Waals surface area (Å²) in [4.78, 5) is 24.5. The second-order valence-corrected chi connectivity index (χ2v) is 14.0. The van der Waals surface area contributed by atoms with Crippen molar-refractivity contribution in [3.8, 4) is 16.9 Å². The summed E-state index contributed by atoms with van der Waals surface area (Å²) in [7, 11) is 2.02. The molecule has 0 atom stereocenters. The molecule has 4 aliphatic carbocycles. The first-order valence-corrected chi connectivity index (χ1v) is 15.9. The van der Waals surface area contributed by atoms with Gasteiger partial charge < -0.3 is 14.9 Å². The Morgan fingerprint density at radius 1 is 0.929 bits per heavy atom. The summed E-state index contributed by atoms with van der Waals surface area (Å²) in [6.45, 7) is 7.94. The van der Waals surface area contributed by atoms with Gasteiger partial charge in [0.25, 0.3) is 5.91 Å². The first-order valence-electron chi connectivity index (χ1n) is 15.9. The van der Waals surface area contributed by atoms with Crippen molar-refractivity contribution in [3.63, 3.8) is 0 Å². The van der Waals surface area contributed by atoms with Crippen LogP contribution in [0.1, 0.15) is 60.0 Å². The summed E-state index contributed by atoms with van der Waals surface area (Å²) in [6.07, 6.45) is 11.6. The van der Waals surface area contributed by atoms with Gasteiger partial charge >= 0.3 is 0 Å². The van der Waals surface area contributed by atoms with Crippen LogP contribution in [0.5, 0.6) is 5.75 Å². The second-order valence-electron chi connectivity index (χ2n) is 14.0. The molecule has 1 aliphatic heterocycles. The monoisotopic (exact) mass is 564 g/mol. The van der Waals surface area contributed by atoms with E-state index in [-0.39, 0.29) is 11.7 Å². The lowest BCUT2D eigenvalue weighted by Gasteiger charge is -2.57. The smallest absolute Gasteiger partial charge is 0.253 e. The lowest BCUT2D eigenvalue weighted by atomic mass is 9.49. The highest BCUT2D eigenvalue weighted by Crippen LogP contribution is 2.60. The molecule has 42 heavy (non-hydrogen) atoms. The van der Waals surface area contributed by atoms with Crippen LogP contribution in [0.25, 0.3) is 11.1 Å². The third-order valence-corrected chi connectivity index (χ3v) is 10.7. The number of hydrogen-bond acceptors (Lipinski definition) is 5. The van der Waals surface area contributed by atoms with Crippen LogP contribution >= 0.6 is 0 Å². The van der Waals surface area contributed by atoms with Crippen molar-refractivity contribution in [3.05, 3.63) is 77.6 Å². The fraction of sp³-hybridized carbons (Fsp3) is 0.500. The number of carbonyl (C=O) groups excluding carboxylic acids is 1. The minimum absolute atomic E-state index is 0.170. The summed E-state index contributed by atoms with van der Waals surface area (Å²) in [6, 6.07) is 16.7. The standard InChI is InChI=1S/C36H44N4O2/c1-25-13-26(3-8-34(25)31-17-33(41)22-37-21-31)23-39-9-11-40(12-10-39)32-6-4-30(5-7-32)35(42)38(2)24-36-18-27-14-28(19-36)16-29(15-27)20-36/h3-8,13,17,21-22,27-29,41H,9-12,14-16,18-20,23-24H2,1-2H3. The zero-order valence-corrected chi connectivity index (χ0v) is 25.1. The SMILES string of the molecule is Cc1cc(CN2CCN(c3ccc(C(=O)N(C)CC45CC6CC(CC(C6)C4)C5)cc3)CC2)ccc1-c1cncc(O)c1. The number of hydrogen-bond donors (Lipinski definition) is 1. The molecule has 3 aromatic rings. The maximum atomic E-state index is 13.4. The zero-order chi connectivity index (χ0) is 28.8. The van der Waals surface area contributed by atoms with E-state index in [2.05, 4.69) is 52.0 Å². The molecule has 2 heterocycles. The van der Waals surface area contributed by atoms with Crippen molar-refractivity contribution in [1.82, 2.24) is 14.8 Å². The van der Waals surface area contributed by atoms with Gasteiger partial charge in [0.05, 0.1) is 6.20 Å². The van der Waals surface area contributed by atoms with Crippen LogP contribution in [0.15, 0.2) is 60.9 Å². The topological polar surface area (TPSA) is 59.9 Å². The molecule has 5 aliphatic rings. The highest BCUT2D eigenvalue weighted by Gasteiger charge is 2.51. The van der Waals surface area contributed by atoms with Crippen LogP contribution in [0.4, 0.5) is 5.69 Å². The minimum atomic E-state index is 0.170. The lowest BCUT2D eigenvalue weighted by molar-refractivity contribution is -0.0629. The molecule has 0 spiro atoms. The molecule has 5 fully saturated rings. The van der Waals surface area contributed by atoms with E-state index in [1.807, 2.05) is 24.1 Å². The molecule has 0 radical (unpaired) electrons. The summed E-state index contributed by atoms with van der Waals surface area (Å²) < 4.78 is 0. The van der Waals surface area contributed by atoms with Crippen LogP contribution in [-0.2, 0) is 6.54 Å². The molecule has 6 nitrogen and oxygen atoms in total. The van der Waals surface area contributed by atoms with E-state index in [9.17, 15) is 9.90 Å². The quantitative estimate of drug-likeness (QED) is 0.361. The van der Waals surface area contributed by atoms with Gasteiger partial charge in [0.1, 0.15) is 5.75 Å². The van der Waals surface area contributed by atoms with Crippen molar-refractivity contribution < 1.29 is 9.90 Å². The van der Waals surface area contributed by atoms with Gasteiger partial charge in [0, 0.05) is 69.3 Å². The molecule has 8 rings (SSSR count). The Morgan fingerprint density at radius 2 is 1.60 bits per heavy atom. The highest BCUT2D eigenvalue weighted by atomic mass is 16.3. The molecule has 1 N–H and O–H groups in total. The second kappa shape index (κ2) is 11.0. The Balaban J connectivity index is 0.921. The number of aromatic nitrogens is 1. The fourth-order valence-corrected chi connectivity index (χ4v) is 9.24. The number of aryl methyl sites for hydroxylation is 1. The van der Waals surface area contributed by atoms with E-state index in [0.29, 0.717) is 5.41 Å². The van der Waals surface area contributed by atoms with E-state index in [1.54, 1.807) is 12.3 Å². The van der Waals surface area contributed by atoms with E-state index in [1.165, 1.54) is 61.5 Å². The predicted octanol–water partition coefficient (Wildman–Crippen LogP) is 6.37. The third-order valence-electron chi connectivity index (χ3n) is 10.7. The van der Waals surface area contributed by atoms with Gasteiger partial charge in [-0.3, -0.25) is 14.7 Å². The number of aromatic hydroxyl groups is 1. The van der Waals surface area contributed by atoms with Gasteiger partial charge in [-0.1, -0.05) is 18.2 Å². The number of piperazine rings is 1. The first kappa shape index (κ1) is 27.5. The Morgan fingerprint density at radius 3 is 2.21 bits per heavy atom. The lowest BCUT2D eigenvalue weighted by Crippen LogP contribution is -2.51. The van der Waals surface area contributed by atoms with Gasteiger partial charge in [-0.05, 0) is 116 Å². The largest absolute Gasteiger partial charge is 0.506 e. The summed E-state index contributed by atoms with van der Waals surface area (Å²) >= 11 is 0. The molecule has 1 amide bonds. The van der Waals surface area contributed by atoms with E-state index < -0.39 is 0 Å². The van der Waals surface area contributed by atoms with Crippen LogP contribution in [0.2, 0.25) is 0 Å². The Labute approximate surface area is 250 Å². The average Bonchev–Trinajstić information content (AvgIpc) is 2.96. The summed E-state index contributed by atoms with van der Waals surface area (Å²) in [5, 5.41) is 9.80. The molecule has 220 valence electrons. The predicted molar refractivity (Wildman–Crippen MR) is 168 cm³/mol. The molecule has 4 saturated carbocycles. The highest BCUT2D eigenvalue weighted by molar-refractivity contribution is 5.94. The van der Waals surface area contributed by atoms with Gasteiger partial charge in [-0.25, -0.2) is 0 Å². The molecule has 1 aromatic heterocycles. The van der Waals surface area contributed by atoms with Crippen molar-refractivity contribution in [2.75, 3.05) is 44.7 Å². The molecule has 1 saturated heterocycles. The molecule has 2 aromatic carbocycles. The normalized spacial score (nSPS) is 26.9. The Bertz CT molecular complexity index is 1410. The van der Waals surface area contributed by atoms with Crippen molar-refractivity contribution in [1.29, 1.82) is 0 Å². The molecular formula is C36H44N4O2. The van der Waals surface area contributed by atoms with Gasteiger partial charge in [0.15, 0.2) is 0 Å². The average molecular weight is 565 g/mol. The number of amides is 1. The first-order chi connectivity index (χ1) is 20.3. The van der Waals surface area contributed by atoms with Gasteiger partial charge in [-0.2, -0.15) is 0 Å². The van der Waals surface area contributed by atoms with E-state index >= 15 is 0 Å². The number of rotatable bonds is 7. The number of pyridine rings is 1. The molecular weight excluding hydrogens is 520 g/mol. The van der Waals surface area contributed by atoms with Crippen molar-refractivity contribution in [2.24, 2.45) is 23.2 Å². The third kappa shape index (κ3) is 5.54. The number of anilines is 1. The van der Waals surface area contributed by atoms with E-state index in [4.69, 9.17) is 0 Å². The number of carbonyl (C=O) groups is 1. The number of benzene rings is 2. The van der Waals surface area contributed by atoms with Crippen LogP contribution in [0, 0.1) is 30.1 Å². The summed E-state index contributed by atoms with van der Waals surface area (Å²) in [5.74, 6) is 3.10. The fourth-order valence-electron chi connectivity index (χ4n) is 9.24. The molecule has 4 bridgehead atoms. The van der Waals surface area contributed by atoms with Crippen molar-refractivity contribution >= 4 is 11.6 Å². The zero-order valence-electron chi connectivity index (χ0n) is 25.1. The Kier molecular flexibility index (Phi) is 7.21. The molecule has 0 unspecified atom stereocenters. The maximum absolute atomic E-state index is 13.4.